The summed E-state index contributed by atoms with van der Waals surface area (Å²) >= 11 is 1.21. The lowest BCUT2D eigenvalue weighted by Gasteiger charge is -2.43. The van der Waals surface area contributed by atoms with Crippen molar-refractivity contribution in [3.8, 4) is 0 Å². The molecule has 10 heteroatoms. The molecule has 1 fully saturated rings. The molecule has 0 unspecified atom stereocenters. The smallest absolute Gasteiger partial charge is 0.303 e. The molecule has 142 valence electrons. The molecule has 0 N–H and O–H groups in total. The second-order valence-electron chi connectivity index (χ2n) is 5.30. The van der Waals surface area contributed by atoms with Gasteiger partial charge in [0.2, 0.25) is 0 Å². The molecule has 0 aliphatic carbocycles. The van der Waals surface area contributed by atoms with Crippen LogP contribution >= 0.6 is 11.8 Å². The fourth-order valence-corrected chi connectivity index (χ4v) is 3.11. The number of hydrogen-bond donors (Lipinski definition) is 0. The lowest BCUT2D eigenvalue weighted by molar-refractivity contribution is -0.237. The van der Waals surface area contributed by atoms with Gasteiger partial charge in [-0.25, -0.2) is 0 Å². The Hall–Kier alpha value is -1.81. The molecule has 0 spiro atoms. The van der Waals surface area contributed by atoms with E-state index in [0.717, 1.165) is 0 Å². The first kappa shape index (κ1) is 21.2. The summed E-state index contributed by atoms with van der Waals surface area (Å²) in [6, 6.07) is 0. The minimum atomic E-state index is -1.10. The van der Waals surface area contributed by atoms with Crippen molar-refractivity contribution in [1.82, 2.24) is 0 Å². The fraction of sp³-hybridized carbons (Fsp3) is 0.733. The SMILES string of the molecule is CS[C@@H]1O[C@@H](COC(C)=O)[C@H](OC(C)=O)[C@@H](OC(C)=O)[C@H]1OC(C)=O. The summed E-state index contributed by atoms with van der Waals surface area (Å²) in [5.74, 6) is -2.45. The van der Waals surface area contributed by atoms with E-state index in [1.54, 1.807) is 6.26 Å². The summed E-state index contributed by atoms with van der Waals surface area (Å²) in [6.45, 7) is 4.57. The van der Waals surface area contributed by atoms with Gasteiger partial charge in [0.1, 0.15) is 18.1 Å². The topological polar surface area (TPSA) is 114 Å². The largest absolute Gasteiger partial charge is 0.463 e. The molecular formula is C15H22O9S. The third kappa shape index (κ3) is 6.54. The predicted molar refractivity (Wildman–Crippen MR) is 85.5 cm³/mol. The van der Waals surface area contributed by atoms with E-state index in [-0.39, 0.29) is 6.61 Å². The average molecular weight is 378 g/mol. The zero-order valence-electron chi connectivity index (χ0n) is 14.7. The standard InChI is InChI=1S/C15H22O9S/c1-7(16)20-6-11-12(21-8(2)17)13(22-9(3)18)14(23-10(4)19)15(24-11)25-5/h11-15H,6H2,1-5H3/t11-,12-,13+,14+,15-/m0/s1. The van der Waals surface area contributed by atoms with Crippen LogP contribution in [0.5, 0.6) is 0 Å². The molecule has 1 saturated heterocycles. The maximum absolute atomic E-state index is 11.5. The molecule has 0 aromatic heterocycles. The molecule has 0 aromatic carbocycles. The van der Waals surface area contributed by atoms with Crippen molar-refractivity contribution >= 4 is 35.6 Å². The Morgan fingerprint density at radius 3 is 1.72 bits per heavy atom. The van der Waals surface area contributed by atoms with Gasteiger partial charge in [0.05, 0.1) is 0 Å². The fourth-order valence-electron chi connectivity index (χ4n) is 2.38. The molecule has 0 aromatic rings. The van der Waals surface area contributed by atoms with E-state index in [1.165, 1.54) is 39.5 Å². The van der Waals surface area contributed by atoms with Crippen LogP contribution in [0.15, 0.2) is 0 Å². The van der Waals surface area contributed by atoms with E-state index in [4.69, 9.17) is 23.7 Å². The molecule has 25 heavy (non-hydrogen) atoms. The maximum atomic E-state index is 11.5. The van der Waals surface area contributed by atoms with Gasteiger partial charge in [-0.3, -0.25) is 19.2 Å². The summed E-state index contributed by atoms with van der Waals surface area (Å²) in [5, 5.41) is 0. The Morgan fingerprint density at radius 2 is 1.28 bits per heavy atom. The van der Waals surface area contributed by atoms with Crippen LogP contribution in [0.3, 0.4) is 0 Å². The Labute approximate surface area is 149 Å². The molecule has 1 aliphatic rings. The third-order valence-electron chi connectivity index (χ3n) is 3.18. The van der Waals surface area contributed by atoms with E-state index < -0.39 is 53.7 Å². The zero-order chi connectivity index (χ0) is 19.1. The molecule has 0 amide bonds. The van der Waals surface area contributed by atoms with Gasteiger partial charge in [-0.05, 0) is 6.26 Å². The van der Waals surface area contributed by atoms with Crippen LogP contribution in [-0.4, -0.2) is 66.6 Å². The van der Waals surface area contributed by atoms with Gasteiger partial charge in [0.15, 0.2) is 18.3 Å². The van der Waals surface area contributed by atoms with Crippen LogP contribution in [0, 0.1) is 0 Å². The Bertz CT molecular complexity index is 521. The molecule has 9 nitrogen and oxygen atoms in total. The third-order valence-corrected chi connectivity index (χ3v) is 4.02. The molecule has 5 atom stereocenters. The number of carbonyl (C=O) groups is 4. The average Bonchev–Trinajstić information content (AvgIpc) is 2.48. The molecular weight excluding hydrogens is 356 g/mol. The lowest BCUT2D eigenvalue weighted by Crippen LogP contribution is -2.61. The normalized spacial score (nSPS) is 28.6. The highest BCUT2D eigenvalue weighted by Crippen LogP contribution is 2.33. The van der Waals surface area contributed by atoms with Crippen LogP contribution < -0.4 is 0 Å². The van der Waals surface area contributed by atoms with Gasteiger partial charge >= 0.3 is 23.9 Å². The highest BCUT2D eigenvalue weighted by atomic mass is 32.2. The number of carbonyl (C=O) groups excluding carboxylic acids is 4. The predicted octanol–water partition coefficient (Wildman–Crippen LogP) is 0.432. The first-order valence-corrected chi connectivity index (χ1v) is 8.77. The second-order valence-corrected chi connectivity index (χ2v) is 6.24. The van der Waals surface area contributed by atoms with Crippen molar-refractivity contribution in [1.29, 1.82) is 0 Å². The highest BCUT2D eigenvalue weighted by molar-refractivity contribution is 7.99. The Balaban J connectivity index is 3.18. The molecule has 1 heterocycles. The van der Waals surface area contributed by atoms with Crippen LogP contribution in [0.25, 0.3) is 0 Å². The van der Waals surface area contributed by atoms with Gasteiger partial charge in [-0.2, -0.15) is 0 Å². The van der Waals surface area contributed by atoms with E-state index >= 15 is 0 Å². The minimum absolute atomic E-state index is 0.213. The van der Waals surface area contributed by atoms with Crippen molar-refractivity contribution in [3.05, 3.63) is 0 Å². The van der Waals surface area contributed by atoms with Crippen molar-refractivity contribution < 1.29 is 42.9 Å². The zero-order valence-corrected chi connectivity index (χ0v) is 15.5. The van der Waals surface area contributed by atoms with E-state index in [2.05, 4.69) is 0 Å². The minimum Gasteiger partial charge on any atom is -0.463 e. The number of hydrogen-bond acceptors (Lipinski definition) is 10. The molecule has 0 saturated carbocycles. The quantitative estimate of drug-likeness (QED) is 0.476. The number of thioether (sulfide) groups is 1. The number of rotatable bonds is 6. The second kappa shape index (κ2) is 9.62. The Morgan fingerprint density at radius 1 is 0.800 bits per heavy atom. The molecule has 1 aliphatic heterocycles. The van der Waals surface area contributed by atoms with Gasteiger partial charge in [-0.15, -0.1) is 11.8 Å². The van der Waals surface area contributed by atoms with Gasteiger partial charge < -0.3 is 23.7 Å². The van der Waals surface area contributed by atoms with Crippen molar-refractivity contribution in [2.24, 2.45) is 0 Å². The summed E-state index contributed by atoms with van der Waals surface area (Å²) in [4.78, 5) is 45.5. The first-order chi connectivity index (χ1) is 11.6. The highest BCUT2D eigenvalue weighted by Gasteiger charge is 2.51. The monoisotopic (exact) mass is 378 g/mol. The molecule has 0 bridgehead atoms. The van der Waals surface area contributed by atoms with Crippen LogP contribution in [-0.2, 0) is 42.9 Å². The van der Waals surface area contributed by atoms with Crippen molar-refractivity contribution in [2.75, 3.05) is 12.9 Å². The summed E-state index contributed by atoms with van der Waals surface area (Å²) < 4.78 is 26.4. The molecule has 0 radical (unpaired) electrons. The Kier molecular flexibility index (Phi) is 8.17. The van der Waals surface area contributed by atoms with Crippen LogP contribution in [0.2, 0.25) is 0 Å². The van der Waals surface area contributed by atoms with Crippen molar-refractivity contribution in [3.63, 3.8) is 0 Å². The lowest BCUT2D eigenvalue weighted by atomic mass is 9.99. The maximum Gasteiger partial charge on any atom is 0.303 e. The summed E-state index contributed by atoms with van der Waals surface area (Å²) in [6.07, 6.45) is -2.37. The van der Waals surface area contributed by atoms with Crippen LogP contribution in [0.1, 0.15) is 27.7 Å². The van der Waals surface area contributed by atoms with Gasteiger partial charge in [0, 0.05) is 27.7 Å². The van der Waals surface area contributed by atoms with Gasteiger partial charge in [0.25, 0.3) is 0 Å². The van der Waals surface area contributed by atoms with E-state index in [9.17, 15) is 19.2 Å². The van der Waals surface area contributed by atoms with E-state index in [1.807, 2.05) is 0 Å². The van der Waals surface area contributed by atoms with E-state index in [0.29, 0.717) is 0 Å². The first-order valence-electron chi connectivity index (χ1n) is 7.49. The summed E-state index contributed by atoms with van der Waals surface area (Å²) in [7, 11) is 0. The number of esters is 4. The van der Waals surface area contributed by atoms with Gasteiger partial charge in [-0.1, -0.05) is 0 Å². The van der Waals surface area contributed by atoms with Crippen molar-refractivity contribution in [2.45, 2.75) is 57.5 Å². The summed E-state index contributed by atoms with van der Waals surface area (Å²) in [5.41, 5.74) is -0.708. The van der Waals surface area contributed by atoms with Crippen LogP contribution in [0.4, 0.5) is 0 Å². The molecule has 1 rings (SSSR count). The number of ether oxygens (including phenoxy) is 5.